The summed E-state index contributed by atoms with van der Waals surface area (Å²) in [7, 11) is 0. The summed E-state index contributed by atoms with van der Waals surface area (Å²) in [6.07, 6.45) is 0. The molecule has 4 rings (SSSR count). The molecule has 0 saturated carbocycles. The Balaban J connectivity index is 0.000000374. The van der Waals surface area contributed by atoms with E-state index in [1.54, 1.807) is 0 Å². The molecule has 4 aromatic carbocycles. The molecule has 0 unspecified atom stereocenters. The van der Waals surface area contributed by atoms with Crippen LogP contribution in [-0.4, -0.2) is 4.31 Å². The zero-order valence-electron chi connectivity index (χ0n) is 16.0. The molecule has 0 amide bonds. The van der Waals surface area contributed by atoms with Crippen LogP contribution in [0.2, 0.25) is 0 Å². The Hall–Kier alpha value is -1.76. The van der Waals surface area contributed by atoms with Crippen molar-refractivity contribution in [3.63, 3.8) is 0 Å². The molecule has 0 saturated heterocycles. The predicted molar refractivity (Wildman–Crippen MR) is 113 cm³/mol. The minimum atomic E-state index is 0. The van der Waals surface area contributed by atoms with Crippen LogP contribution in [-0.2, 0) is 20.0 Å². The van der Waals surface area contributed by atoms with Crippen molar-refractivity contribution in [3.8, 4) is 0 Å². The molecule has 0 atom stereocenters. The fourth-order valence-electron chi connectivity index (χ4n) is 2.61. The average molecular weight is 364 g/mol. The molecule has 1 heteroatoms. The number of hydrogen-bond donors (Lipinski definition) is 0. The van der Waals surface area contributed by atoms with Crippen molar-refractivity contribution in [2.45, 2.75) is 20.8 Å². The summed E-state index contributed by atoms with van der Waals surface area (Å²) in [6.45, 7) is 6.25. The van der Waals surface area contributed by atoms with Crippen LogP contribution >= 0.6 is 0 Å². The summed E-state index contributed by atoms with van der Waals surface area (Å²) < 4.78 is 2.00. The van der Waals surface area contributed by atoms with Gasteiger partial charge in [0.15, 0.2) is 0 Å². The van der Waals surface area contributed by atoms with E-state index in [1.165, 1.54) is 32.7 Å². The van der Waals surface area contributed by atoms with Crippen LogP contribution in [0.5, 0.6) is 0 Å². The van der Waals surface area contributed by atoms with Crippen molar-refractivity contribution >= 4 is 25.9 Å². The van der Waals surface area contributed by atoms with Crippen LogP contribution in [0.1, 0.15) is 18.1 Å². The van der Waals surface area contributed by atoms with Crippen LogP contribution in [0.3, 0.4) is 0 Å². The summed E-state index contributed by atoms with van der Waals surface area (Å²) in [4.78, 5) is 0. The third kappa shape index (κ3) is 6.94. The maximum atomic E-state index is 2.20. The molecule has 0 aromatic heterocycles. The second kappa shape index (κ2) is 11.7. The minimum Gasteiger partial charge on any atom is -0.358 e. The van der Waals surface area contributed by atoms with Crippen molar-refractivity contribution < 1.29 is 20.0 Å². The molecule has 0 spiro atoms. The fourth-order valence-corrected chi connectivity index (χ4v) is 2.61. The van der Waals surface area contributed by atoms with Gasteiger partial charge in [-0.2, -0.15) is 12.1 Å². The molecule has 0 radical (unpaired) electrons. The Morgan fingerprint density at radius 1 is 0.720 bits per heavy atom. The zero-order valence-corrected chi connectivity index (χ0v) is 17.6. The maximum absolute atomic E-state index is 2.20. The molecule has 0 fully saturated rings. The van der Waals surface area contributed by atoms with E-state index >= 15 is 0 Å². The minimum absolute atomic E-state index is 0. The first kappa shape index (κ1) is 23.2. The topological polar surface area (TPSA) is 0 Å². The Morgan fingerprint density at radius 2 is 1.04 bits per heavy atom. The largest absolute Gasteiger partial charge is 0.358 e. The smallest absolute Gasteiger partial charge is 0.0579 e. The van der Waals surface area contributed by atoms with E-state index in [-0.39, 0.29) is 14.9 Å². The van der Waals surface area contributed by atoms with Crippen LogP contribution < -0.4 is 0 Å². The normalized spacial score (nSPS) is 8.88. The maximum Gasteiger partial charge on any atom is -0.0579 e. The van der Waals surface area contributed by atoms with Gasteiger partial charge in [0.2, 0.25) is 0 Å². The van der Waals surface area contributed by atoms with Crippen LogP contribution in [0.15, 0.2) is 72.8 Å². The van der Waals surface area contributed by atoms with Crippen molar-refractivity contribution in [1.82, 2.24) is 0 Å². The molecule has 4 aromatic rings. The van der Waals surface area contributed by atoms with Gasteiger partial charge in [-0.15, -0.1) is 81.2 Å². The molecule has 0 bridgehead atoms. The standard InChI is InChI=1S/2C10H9.C2H4.2CH3.Ti/c2*1-8-6-9-4-2-3-5-10(9)7-8;1-2;;;/h2*2-7H,1H3;1H,2H3;2*1H3;/q2*-1;;2*-1;. The fraction of sp³-hybridized carbons (Fsp3) is 0.125. The summed E-state index contributed by atoms with van der Waals surface area (Å²) in [5.74, 6) is 0. The van der Waals surface area contributed by atoms with Gasteiger partial charge in [-0.25, -0.2) is 0 Å². The monoisotopic (exact) mass is 364 g/mol. The molecule has 132 valence electrons. The van der Waals surface area contributed by atoms with Gasteiger partial charge in [0, 0.05) is 0 Å². The Kier molecular flexibility index (Phi) is 10.9. The molecule has 0 nitrogen and oxygen atoms in total. The summed E-state index contributed by atoms with van der Waals surface area (Å²) in [5, 5.41) is 5.39. The first-order valence-electron chi connectivity index (χ1n) is 7.83. The quantitative estimate of drug-likeness (QED) is 0.233. The van der Waals surface area contributed by atoms with Crippen molar-refractivity contribution in [2.24, 2.45) is 0 Å². The molecule has 0 aliphatic heterocycles. The van der Waals surface area contributed by atoms with Gasteiger partial charge in [-0.3, -0.25) is 0 Å². The second-order valence-electron chi connectivity index (χ2n) is 5.61. The van der Waals surface area contributed by atoms with Gasteiger partial charge in [-0.1, -0.05) is 26.0 Å². The van der Waals surface area contributed by atoms with Gasteiger partial charge in [0.1, 0.15) is 0 Å². The molecule has 0 N–H and O–H groups in total. The molecular formula is C24H28Ti-4. The van der Waals surface area contributed by atoms with Gasteiger partial charge in [-0.05, 0) is 0 Å². The van der Waals surface area contributed by atoms with Gasteiger partial charge < -0.3 is 14.9 Å². The average Bonchev–Trinajstić information content (AvgIpc) is 3.08. The second-order valence-corrected chi connectivity index (χ2v) is 6.51. The van der Waals surface area contributed by atoms with Gasteiger partial charge >= 0.3 is 31.2 Å². The van der Waals surface area contributed by atoms with E-state index in [0.717, 1.165) is 0 Å². The molecule has 25 heavy (non-hydrogen) atoms. The molecule has 0 aliphatic rings. The first-order chi connectivity index (χ1) is 11.1. The Morgan fingerprint density at radius 3 is 1.36 bits per heavy atom. The van der Waals surface area contributed by atoms with E-state index in [4.69, 9.17) is 0 Å². The number of hydrogen-bond acceptors (Lipinski definition) is 0. The van der Waals surface area contributed by atoms with E-state index in [1.807, 2.05) is 31.2 Å². The first-order valence-corrected chi connectivity index (χ1v) is 8.73. The van der Waals surface area contributed by atoms with Crippen LogP contribution in [0.25, 0.3) is 21.5 Å². The van der Waals surface area contributed by atoms with Crippen LogP contribution in [0.4, 0.5) is 0 Å². The van der Waals surface area contributed by atoms with Gasteiger partial charge in [0.05, 0.1) is 0 Å². The molecular weight excluding hydrogens is 336 g/mol. The third-order valence-corrected chi connectivity index (χ3v) is 3.52. The number of benzene rings is 2. The Bertz CT molecular complexity index is 739. The van der Waals surface area contributed by atoms with E-state index < -0.39 is 0 Å². The number of rotatable bonds is 0. The third-order valence-electron chi connectivity index (χ3n) is 3.52. The summed E-state index contributed by atoms with van der Waals surface area (Å²) >= 11 is 2.00. The summed E-state index contributed by atoms with van der Waals surface area (Å²) in [6, 6.07) is 25.7. The number of aryl methyl sites for hydroxylation is 2. The molecule has 0 heterocycles. The SMILES string of the molecule is C[CH]=[Ti].Cc1cc2ccccc2[cH-]1.Cc1cc2ccccc2[cH-]1.[CH3-].[CH3-]. The van der Waals surface area contributed by atoms with E-state index in [2.05, 4.69) is 86.6 Å². The Labute approximate surface area is 165 Å². The van der Waals surface area contributed by atoms with E-state index in [0.29, 0.717) is 0 Å². The summed E-state index contributed by atoms with van der Waals surface area (Å²) in [5.41, 5.74) is 2.70. The van der Waals surface area contributed by atoms with Crippen molar-refractivity contribution in [2.75, 3.05) is 0 Å². The van der Waals surface area contributed by atoms with Crippen molar-refractivity contribution in [3.05, 3.63) is 98.8 Å². The van der Waals surface area contributed by atoms with Crippen molar-refractivity contribution in [1.29, 1.82) is 0 Å². The van der Waals surface area contributed by atoms with E-state index in [9.17, 15) is 0 Å². The van der Waals surface area contributed by atoms with Gasteiger partial charge in [0.25, 0.3) is 0 Å². The molecule has 0 aliphatic carbocycles. The zero-order chi connectivity index (χ0) is 16.7. The van der Waals surface area contributed by atoms with Crippen LogP contribution in [0, 0.1) is 28.7 Å². The number of fused-ring (bicyclic) bond motifs is 2. The predicted octanol–water partition coefficient (Wildman–Crippen LogP) is 6.99.